The number of ether oxygens (including phenoxy) is 1. The highest BCUT2D eigenvalue weighted by atomic mass is 32.2. The Morgan fingerprint density at radius 2 is 1.86 bits per heavy atom. The fourth-order valence-electron chi connectivity index (χ4n) is 3.77. The van der Waals surface area contributed by atoms with Crippen LogP contribution in [0.4, 0.5) is 16.2 Å². The van der Waals surface area contributed by atoms with Gasteiger partial charge in [-0.2, -0.15) is 0 Å². The fraction of sp³-hybridized carbons (Fsp3) is 0.364. The van der Waals surface area contributed by atoms with Gasteiger partial charge in [0, 0.05) is 13.1 Å². The third kappa shape index (κ3) is 4.19. The lowest BCUT2D eigenvalue weighted by Crippen LogP contribution is -2.40. The van der Waals surface area contributed by atoms with E-state index in [1.165, 1.54) is 56.2 Å². The first kappa shape index (κ1) is 19.6. The lowest BCUT2D eigenvalue weighted by molar-refractivity contribution is 0.0697. The number of fused-ring (bicyclic) bond motifs is 1. The third-order valence-electron chi connectivity index (χ3n) is 5.50. The predicted molar refractivity (Wildman–Crippen MR) is 114 cm³/mol. The minimum atomic E-state index is -0.989. The van der Waals surface area contributed by atoms with Crippen LogP contribution in [0.15, 0.2) is 47.4 Å². The number of carboxylic acids is 1. The van der Waals surface area contributed by atoms with Crippen molar-refractivity contribution in [3.63, 3.8) is 0 Å². The molecule has 1 aliphatic carbocycles. The van der Waals surface area contributed by atoms with Crippen molar-refractivity contribution in [2.24, 2.45) is 5.92 Å². The molecule has 1 N–H and O–H groups in total. The summed E-state index contributed by atoms with van der Waals surface area (Å²) in [5, 5.41) is 9.06. The fourth-order valence-corrected chi connectivity index (χ4v) is 4.82. The molecule has 0 bridgehead atoms. The molecule has 0 aromatic heterocycles. The quantitative estimate of drug-likeness (QED) is 0.663. The monoisotopic (exact) mass is 412 g/mol. The SMILES string of the molecule is CN1C(=O)N(c2ccc(C(=O)O)cc2)Sc2ccc(OCC3CCCCC3)cc21. The average Bonchev–Trinajstić information content (AvgIpc) is 2.75. The van der Waals surface area contributed by atoms with Crippen LogP contribution in [0.25, 0.3) is 0 Å². The van der Waals surface area contributed by atoms with Gasteiger partial charge < -0.3 is 9.84 Å². The molecule has 29 heavy (non-hydrogen) atoms. The number of carboxylic acid groups (broad SMARTS) is 1. The number of carbonyl (C=O) groups excluding carboxylic acids is 1. The zero-order valence-electron chi connectivity index (χ0n) is 16.3. The molecule has 0 spiro atoms. The van der Waals surface area contributed by atoms with Crippen molar-refractivity contribution >= 4 is 35.3 Å². The van der Waals surface area contributed by atoms with Gasteiger partial charge in [-0.05, 0) is 67.1 Å². The smallest absolute Gasteiger partial charge is 0.339 e. The number of hydrogen-bond acceptors (Lipinski definition) is 4. The number of aromatic carboxylic acids is 1. The Bertz CT molecular complexity index is 910. The zero-order chi connectivity index (χ0) is 20.4. The Morgan fingerprint density at radius 3 is 2.55 bits per heavy atom. The average molecular weight is 413 g/mol. The molecule has 2 amide bonds. The maximum absolute atomic E-state index is 12.9. The number of anilines is 2. The van der Waals surface area contributed by atoms with Crippen LogP contribution in [-0.4, -0.2) is 30.8 Å². The van der Waals surface area contributed by atoms with E-state index in [1.807, 2.05) is 18.2 Å². The Balaban J connectivity index is 1.50. The number of nitrogens with zero attached hydrogens (tertiary/aromatic N) is 2. The van der Waals surface area contributed by atoms with E-state index in [4.69, 9.17) is 9.84 Å². The molecule has 1 aliphatic heterocycles. The zero-order valence-corrected chi connectivity index (χ0v) is 17.2. The normalized spacial score (nSPS) is 17.2. The van der Waals surface area contributed by atoms with Crippen LogP contribution in [-0.2, 0) is 0 Å². The molecule has 0 radical (unpaired) electrons. The van der Waals surface area contributed by atoms with Crippen LogP contribution in [0, 0.1) is 5.92 Å². The summed E-state index contributed by atoms with van der Waals surface area (Å²) in [7, 11) is 1.74. The first-order valence-electron chi connectivity index (χ1n) is 9.89. The minimum Gasteiger partial charge on any atom is -0.493 e. The van der Waals surface area contributed by atoms with Gasteiger partial charge in [-0.1, -0.05) is 19.3 Å². The minimum absolute atomic E-state index is 0.185. The van der Waals surface area contributed by atoms with Crippen molar-refractivity contribution in [1.29, 1.82) is 0 Å². The molecule has 2 aromatic rings. The molecule has 7 heteroatoms. The van der Waals surface area contributed by atoms with Crippen LogP contribution in [0.5, 0.6) is 5.75 Å². The summed E-state index contributed by atoms with van der Waals surface area (Å²) in [6.45, 7) is 0.728. The molecular weight excluding hydrogens is 388 g/mol. The number of urea groups is 1. The Kier molecular flexibility index (Phi) is 5.67. The number of benzene rings is 2. The summed E-state index contributed by atoms with van der Waals surface area (Å²) in [4.78, 5) is 26.5. The van der Waals surface area contributed by atoms with Gasteiger partial charge in [0.15, 0.2) is 0 Å². The Labute approximate surface area is 174 Å². The van der Waals surface area contributed by atoms with E-state index in [1.54, 1.807) is 28.4 Å². The summed E-state index contributed by atoms with van der Waals surface area (Å²) in [6, 6.07) is 12.0. The van der Waals surface area contributed by atoms with Gasteiger partial charge in [-0.15, -0.1) is 0 Å². The van der Waals surface area contributed by atoms with E-state index in [-0.39, 0.29) is 11.6 Å². The Morgan fingerprint density at radius 1 is 1.14 bits per heavy atom. The molecule has 1 heterocycles. The standard InChI is InChI=1S/C22H24N2O4S/c1-23-19-13-18(28-14-15-5-3-2-4-6-15)11-12-20(19)29-24(22(23)27)17-9-7-16(8-10-17)21(25)26/h7-13,15H,2-6,14H2,1H3,(H,25,26). The molecular formula is C22H24N2O4S. The maximum atomic E-state index is 12.9. The molecule has 1 saturated carbocycles. The molecule has 1 fully saturated rings. The maximum Gasteiger partial charge on any atom is 0.339 e. The first-order chi connectivity index (χ1) is 14.0. The summed E-state index contributed by atoms with van der Waals surface area (Å²) in [6.07, 6.45) is 6.36. The molecule has 6 nitrogen and oxygen atoms in total. The van der Waals surface area contributed by atoms with Gasteiger partial charge >= 0.3 is 12.0 Å². The molecule has 152 valence electrons. The van der Waals surface area contributed by atoms with Crippen LogP contribution >= 0.6 is 11.9 Å². The molecule has 0 saturated heterocycles. The number of hydrogen-bond donors (Lipinski definition) is 1. The van der Waals surface area contributed by atoms with Crippen molar-refractivity contribution in [1.82, 2.24) is 0 Å². The van der Waals surface area contributed by atoms with Gasteiger partial charge in [0.05, 0.1) is 28.4 Å². The largest absolute Gasteiger partial charge is 0.493 e. The highest BCUT2D eigenvalue weighted by Gasteiger charge is 2.30. The topological polar surface area (TPSA) is 70.1 Å². The molecule has 0 unspecified atom stereocenters. The second-order valence-electron chi connectivity index (χ2n) is 7.52. The first-order valence-corrected chi connectivity index (χ1v) is 10.7. The van der Waals surface area contributed by atoms with Gasteiger partial charge in [0.1, 0.15) is 5.75 Å². The summed E-state index contributed by atoms with van der Waals surface area (Å²) >= 11 is 1.33. The van der Waals surface area contributed by atoms with E-state index in [2.05, 4.69) is 0 Å². The van der Waals surface area contributed by atoms with E-state index >= 15 is 0 Å². The third-order valence-corrected chi connectivity index (χ3v) is 6.59. The van der Waals surface area contributed by atoms with E-state index < -0.39 is 5.97 Å². The number of rotatable bonds is 5. The molecule has 4 rings (SSSR count). The van der Waals surface area contributed by atoms with Crippen LogP contribution in [0.1, 0.15) is 42.5 Å². The molecule has 2 aromatic carbocycles. The van der Waals surface area contributed by atoms with Gasteiger partial charge in [0.2, 0.25) is 0 Å². The van der Waals surface area contributed by atoms with Crippen LogP contribution in [0.2, 0.25) is 0 Å². The van der Waals surface area contributed by atoms with Crippen molar-refractivity contribution in [2.75, 3.05) is 22.9 Å². The number of amides is 2. The van der Waals surface area contributed by atoms with Gasteiger partial charge in [-0.3, -0.25) is 4.90 Å². The van der Waals surface area contributed by atoms with Crippen LogP contribution < -0.4 is 13.9 Å². The second-order valence-corrected chi connectivity index (χ2v) is 8.51. The van der Waals surface area contributed by atoms with Crippen LogP contribution in [0.3, 0.4) is 0 Å². The van der Waals surface area contributed by atoms with E-state index in [0.717, 1.165) is 22.9 Å². The van der Waals surface area contributed by atoms with Crippen molar-refractivity contribution < 1.29 is 19.4 Å². The van der Waals surface area contributed by atoms with Crippen molar-refractivity contribution in [3.8, 4) is 5.75 Å². The predicted octanol–water partition coefficient (Wildman–Crippen LogP) is 5.43. The van der Waals surface area contributed by atoms with Crippen molar-refractivity contribution in [2.45, 2.75) is 37.0 Å². The van der Waals surface area contributed by atoms with Gasteiger partial charge in [0.25, 0.3) is 0 Å². The lowest BCUT2D eigenvalue weighted by atomic mass is 9.90. The van der Waals surface area contributed by atoms with Gasteiger partial charge in [-0.25, -0.2) is 13.9 Å². The van der Waals surface area contributed by atoms with Crippen molar-refractivity contribution in [3.05, 3.63) is 48.0 Å². The van der Waals surface area contributed by atoms with E-state index in [9.17, 15) is 9.59 Å². The Hall–Kier alpha value is -2.67. The summed E-state index contributed by atoms with van der Waals surface area (Å²) in [5.74, 6) is 0.420. The van der Waals surface area contributed by atoms with E-state index in [0.29, 0.717) is 11.6 Å². The highest BCUT2D eigenvalue weighted by Crippen LogP contribution is 2.42. The second kappa shape index (κ2) is 8.37. The molecule has 2 aliphatic rings. The lowest BCUT2D eigenvalue weighted by Gasteiger charge is -2.34. The molecule has 0 atom stereocenters. The highest BCUT2D eigenvalue weighted by molar-refractivity contribution is 8.01. The summed E-state index contributed by atoms with van der Waals surface area (Å²) in [5.41, 5.74) is 1.65. The summed E-state index contributed by atoms with van der Waals surface area (Å²) < 4.78 is 7.59. The number of carbonyl (C=O) groups is 2.